The van der Waals surface area contributed by atoms with E-state index in [2.05, 4.69) is 22.3 Å². The maximum absolute atomic E-state index is 11.6. The monoisotopic (exact) mass is 307 g/mol. The average molecular weight is 307 g/mol. The van der Waals surface area contributed by atoms with Gasteiger partial charge in [-0.15, -0.1) is 5.10 Å². The molecule has 1 N–H and O–H groups in total. The van der Waals surface area contributed by atoms with Crippen molar-refractivity contribution in [1.29, 1.82) is 0 Å². The normalized spacial score (nSPS) is 10.8. The Labute approximate surface area is 128 Å². The lowest BCUT2D eigenvalue weighted by atomic mass is 10.1. The number of aromatic amines is 1. The molecule has 0 atom stereocenters. The Kier molecular flexibility index (Phi) is 5.50. The first-order valence-corrected chi connectivity index (χ1v) is 8.08. The Morgan fingerprint density at radius 2 is 2.19 bits per heavy atom. The zero-order chi connectivity index (χ0) is 15.2. The topological polar surface area (TPSA) is 59.9 Å². The minimum atomic E-state index is -0.144. The quantitative estimate of drug-likeness (QED) is 0.631. The van der Waals surface area contributed by atoms with Gasteiger partial charge < -0.3 is 4.74 Å². The molecule has 0 amide bonds. The molecule has 6 heteroatoms. The van der Waals surface area contributed by atoms with E-state index in [0.717, 1.165) is 28.6 Å². The van der Waals surface area contributed by atoms with Crippen LogP contribution in [0.4, 0.5) is 0 Å². The molecular formula is C15H21N3O2S. The smallest absolute Gasteiger partial charge is 0.343 e. The molecule has 0 aliphatic rings. The van der Waals surface area contributed by atoms with Crippen LogP contribution in [-0.2, 0) is 6.54 Å². The molecule has 0 aliphatic carbocycles. The van der Waals surface area contributed by atoms with Crippen LogP contribution >= 0.6 is 11.8 Å². The van der Waals surface area contributed by atoms with Crippen molar-refractivity contribution >= 4 is 11.8 Å². The summed E-state index contributed by atoms with van der Waals surface area (Å²) in [5, 5.41) is 7.26. The van der Waals surface area contributed by atoms with Crippen molar-refractivity contribution in [3.05, 3.63) is 39.8 Å². The van der Waals surface area contributed by atoms with Crippen molar-refractivity contribution in [2.45, 2.75) is 38.9 Å². The molecule has 2 rings (SSSR count). The summed E-state index contributed by atoms with van der Waals surface area (Å²) in [6.45, 7) is 7.40. The third-order valence-corrected chi connectivity index (χ3v) is 4.03. The molecule has 1 heterocycles. The van der Waals surface area contributed by atoms with E-state index in [9.17, 15) is 4.79 Å². The summed E-state index contributed by atoms with van der Waals surface area (Å²) in [5.74, 6) is 1.67. The summed E-state index contributed by atoms with van der Waals surface area (Å²) in [5.41, 5.74) is 2.18. The van der Waals surface area contributed by atoms with Gasteiger partial charge in [-0.3, -0.25) is 4.57 Å². The molecule has 2 aromatic rings. The van der Waals surface area contributed by atoms with Crippen LogP contribution in [-0.4, -0.2) is 27.1 Å². The molecule has 0 fully saturated rings. The van der Waals surface area contributed by atoms with Crippen molar-refractivity contribution in [3.63, 3.8) is 0 Å². The first-order chi connectivity index (χ1) is 10.1. The third kappa shape index (κ3) is 4.14. The predicted octanol–water partition coefficient (Wildman–Crippen LogP) is 2.77. The summed E-state index contributed by atoms with van der Waals surface area (Å²) in [6, 6.07) is 6.18. The van der Waals surface area contributed by atoms with Crippen LogP contribution < -0.4 is 10.4 Å². The van der Waals surface area contributed by atoms with Gasteiger partial charge in [0.05, 0.1) is 6.61 Å². The minimum Gasteiger partial charge on any atom is -0.492 e. The van der Waals surface area contributed by atoms with Gasteiger partial charge in [-0.1, -0.05) is 30.8 Å². The molecule has 21 heavy (non-hydrogen) atoms. The van der Waals surface area contributed by atoms with Gasteiger partial charge >= 0.3 is 5.69 Å². The molecular weight excluding hydrogens is 286 g/mol. The molecule has 114 valence electrons. The van der Waals surface area contributed by atoms with E-state index in [-0.39, 0.29) is 5.69 Å². The molecule has 0 saturated carbocycles. The maximum Gasteiger partial charge on any atom is 0.343 e. The average Bonchev–Trinajstić information content (AvgIpc) is 2.80. The van der Waals surface area contributed by atoms with Gasteiger partial charge in [-0.2, -0.15) is 0 Å². The van der Waals surface area contributed by atoms with Gasteiger partial charge in [0.15, 0.2) is 5.16 Å². The van der Waals surface area contributed by atoms with Crippen molar-refractivity contribution in [2.24, 2.45) is 0 Å². The Morgan fingerprint density at radius 3 is 2.95 bits per heavy atom. The molecule has 1 aromatic heterocycles. The second kappa shape index (κ2) is 7.36. The molecule has 0 aliphatic heterocycles. The fraction of sp³-hybridized carbons (Fsp3) is 0.467. The van der Waals surface area contributed by atoms with Crippen LogP contribution in [0.25, 0.3) is 0 Å². The van der Waals surface area contributed by atoms with Crippen LogP contribution in [0, 0.1) is 13.8 Å². The third-order valence-electron chi connectivity index (χ3n) is 3.09. The highest BCUT2D eigenvalue weighted by molar-refractivity contribution is 7.99. The predicted molar refractivity (Wildman–Crippen MR) is 85.3 cm³/mol. The molecule has 0 bridgehead atoms. The molecule has 5 nitrogen and oxygen atoms in total. The number of nitrogens with zero attached hydrogens (tertiary/aromatic N) is 2. The molecule has 0 saturated heterocycles. The van der Waals surface area contributed by atoms with E-state index in [1.165, 1.54) is 17.3 Å². The van der Waals surface area contributed by atoms with E-state index in [0.29, 0.717) is 13.2 Å². The largest absolute Gasteiger partial charge is 0.492 e. The lowest BCUT2D eigenvalue weighted by Gasteiger charge is -2.09. The molecule has 0 unspecified atom stereocenters. The summed E-state index contributed by atoms with van der Waals surface area (Å²) >= 11 is 1.53. The number of rotatable bonds is 7. The van der Waals surface area contributed by atoms with Gasteiger partial charge in [0.25, 0.3) is 0 Å². The zero-order valence-electron chi connectivity index (χ0n) is 12.7. The van der Waals surface area contributed by atoms with Gasteiger partial charge in [0.1, 0.15) is 5.75 Å². The standard InChI is InChI=1S/C15H21N3O2S/c1-4-7-18-14(19)16-17-15(18)21-9-8-20-13-10-11(2)5-6-12(13)3/h5-6,10H,4,7-9H2,1-3H3,(H,16,19). The van der Waals surface area contributed by atoms with Gasteiger partial charge in [0.2, 0.25) is 0 Å². The Hall–Kier alpha value is -1.69. The first-order valence-electron chi connectivity index (χ1n) is 7.10. The maximum atomic E-state index is 11.6. The number of hydrogen-bond acceptors (Lipinski definition) is 4. The second-order valence-corrected chi connectivity index (χ2v) is 5.99. The van der Waals surface area contributed by atoms with E-state index < -0.39 is 0 Å². The first kappa shape index (κ1) is 15.7. The van der Waals surface area contributed by atoms with Crippen LogP contribution in [0.15, 0.2) is 28.2 Å². The molecule has 0 radical (unpaired) electrons. The highest BCUT2D eigenvalue weighted by atomic mass is 32.2. The van der Waals surface area contributed by atoms with Gasteiger partial charge in [-0.05, 0) is 37.5 Å². The number of H-pyrrole nitrogens is 1. The number of hydrogen-bond donors (Lipinski definition) is 1. The number of benzene rings is 1. The second-order valence-electron chi connectivity index (χ2n) is 4.93. The van der Waals surface area contributed by atoms with Gasteiger partial charge in [0, 0.05) is 12.3 Å². The molecule has 1 aromatic carbocycles. The fourth-order valence-corrected chi connectivity index (χ4v) is 2.77. The van der Waals surface area contributed by atoms with E-state index in [1.807, 2.05) is 26.8 Å². The van der Waals surface area contributed by atoms with Crippen LogP contribution in [0.1, 0.15) is 24.5 Å². The zero-order valence-corrected chi connectivity index (χ0v) is 13.5. The van der Waals surface area contributed by atoms with E-state index >= 15 is 0 Å². The Morgan fingerprint density at radius 1 is 1.38 bits per heavy atom. The van der Waals surface area contributed by atoms with E-state index in [1.54, 1.807) is 4.57 Å². The number of aromatic nitrogens is 3. The van der Waals surface area contributed by atoms with Crippen molar-refractivity contribution < 1.29 is 4.74 Å². The van der Waals surface area contributed by atoms with Gasteiger partial charge in [-0.25, -0.2) is 9.89 Å². The summed E-state index contributed by atoms with van der Waals surface area (Å²) in [7, 11) is 0. The lowest BCUT2D eigenvalue weighted by Crippen LogP contribution is -2.17. The minimum absolute atomic E-state index is 0.144. The van der Waals surface area contributed by atoms with E-state index in [4.69, 9.17) is 4.74 Å². The number of nitrogens with one attached hydrogen (secondary N) is 1. The van der Waals surface area contributed by atoms with Crippen LogP contribution in [0.5, 0.6) is 5.75 Å². The highest BCUT2D eigenvalue weighted by Crippen LogP contribution is 2.20. The fourth-order valence-electron chi connectivity index (χ4n) is 1.98. The van der Waals surface area contributed by atoms with Crippen molar-refractivity contribution in [2.75, 3.05) is 12.4 Å². The SMILES string of the molecule is CCCn1c(SCCOc2cc(C)ccc2C)n[nH]c1=O. The molecule has 0 spiro atoms. The van der Waals surface area contributed by atoms with Crippen LogP contribution in [0.2, 0.25) is 0 Å². The number of ether oxygens (including phenoxy) is 1. The summed E-state index contributed by atoms with van der Waals surface area (Å²) < 4.78 is 7.47. The van der Waals surface area contributed by atoms with Crippen molar-refractivity contribution in [1.82, 2.24) is 14.8 Å². The highest BCUT2D eigenvalue weighted by Gasteiger charge is 2.08. The van der Waals surface area contributed by atoms with Crippen molar-refractivity contribution in [3.8, 4) is 5.75 Å². The van der Waals surface area contributed by atoms with Crippen LogP contribution in [0.3, 0.4) is 0 Å². The Balaban J connectivity index is 1.87. The lowest BCUT2D eigenvalue weighted by molar-refractivity contribution is 0.341. The summed E-state index contributed by atoms with van der Waals surface area (Å²) in [6.07, 6.45) is 0.909. The summed E-state index contributed by atoms with van der Waals surface area (Å²) in [4.78, 5) is 11.6. The number of aryl methyl sites for hydroxylation is 2. The number of thioether (sulfide) groups is 1. The Bertz CT molecular complexity index is 649.